The van der Waals surface area contributed by atoms with Gasteiger partial charge in [0.15, 0.2) is 0 Å². The van der Waals surface area contributed by atoms with Gasteiger partial charge < -0.3 is 14.8 Å². The topological polar surface area (TPSA) is 60.5 Å². The predicted molar refractivity (Wildman–Crippen MR) is 79.0 cm³/mol. The molecular weight excluding hydrogens is 256 g/mol. The molecule has 1 aromatic heterocycles. The van der Waals surface area contributed by atoms with Gasteiger partial charge in [0.25, 0.3) is 5.91 Å². The molecule has 112 valence electrons. The number of hydrogen-bond donors (Lipinski definition) is 1. The molecule has 0 saturated heterocycles. The molecule has 0 aliphatic carbocycles. The van der Waals surface area contributed by atoms with Crippen LogP contribution in [0.2, 0.25) is 0 Å². The summed E-state index contributed by atoms with van der Waals surface area (Å²) in [5, 5.41) is 2.83. The Bertz CT molecular complexity index is 420. The van der Waals surface area contributed by atoms with Crippen molar-refractivity contribution in [2.75, 3.05) is 19.5 Å². The number of nitrogens with zero attached hydrogens (tertiary/aromatic N) is 1. The van der Waals surface area contributed by atoms with Crippen molar-refractivity contribution >= 4 is 11.6 Å². The summed E-state index contributed by atoms with van der Waals surface area (Å²) in [5.41, 5.74) is -0.177. The maximum Gasteiger partial charge on any atom is 0.256 e. The van der Waals surface area contributed by atoms with Crippen LogP contribution < -0.4 is 10.1 Å². The fourth-order valence-corrected chi connectivity index (χ4v) is 1.86. The minimum absolute atomic E-state index is 0.150. The number of carbonyl (C=O) groups is 1. The van der Waals surface area contributed by atoms with Gasteiger partial charge in [-0.1, -0.05) is 26.2 Å². The highest BCUT2D eigenvalue weighted by Crippen LogP contribution is 2.21. The molecule has 0 bridgehead atoms. The van der Waals surface area contributed by atoms with E-state index in [1.165, 1.54) is 0 Å². The van der Waals surface area contributed by atoms with Gasteiger partial charge >= 0.3 is 0 Å². The smallest absolute Gasteiger partial charge is 0.256 e. The highest BCUT2D eigenvalue weighted by Gasteiger charge is 2.32. The van der Waals surface area contributed by atoms with Crippen LogP contribution in [0.3, 0.4) is 0 Å². The quantitative estimate of drug-likeness (QED) is 0.744. The molecule has 0 spiro atoms. The van der Waals surface area contributed by atoms with E-state index in [0.717, 1.165) is 19.3 Å². The van der Waals surface area contributed by atoms with Crippen LogP contribution in [-0.2, 0) is 9.53 Å². The maximum absolute atomic E-state index is 12.3. The summed E-state index contributed by atoms with van der Waals surface area (Å²) in [6.07, 6.45) is 5.45. The van der Waals surface area contributed by atoms with Gasteiger partial charge in [0.1, 0.15) is 5.60 Å². The van der Waals surface area contributed by atoms with Crippen molar-refractivity contribution in [3.8, 4) is 5.88 Å². The first-order valence-corrected chi connectivity index (χ1v) is 6.92. The molecule has 0 radical (unpaired) electrons. The van der Waals surface area contributed by atoms with Crippen LogP contribution in [0.1, 0.15) is 39.5 Å². The molecule has 5 nitrogen and oxygen atoms in total. The molecule has 5 heteroatoms. The monoisotopic (exact) mass is 280 g/mol. The number of amides is 1. The number of hydrogen-bond acceptors (Lipinski definition) is 4. The Balaban J connectivity index is 2.65. The van der Waals surface area contributed by atoms with Crippen molar-refractivity contribution in [2.45, 2.75) is 45.1 Å². The number of ether oxygens (including phenoxy) is 2. The van der Waals surface area contributed by atoms with Gasteiger partial charge in [-0.15, -0.1) is 0 Å². The molecular formula is C15H24N2O3. The van der Waals surface area contributed by atoms with Gasteiger partial charge in [0.05, 0.1) is 19.0 Å². The average molecular weight is 280 g/mol. The summed E-state index contributed by atoms with van der Waals surface area (Å²) >= 11 is 0. The third-order valence-corrected chi connectivity index (χ3v) is 3.39. The van der Waals surface area contributed by atoms with E-state index in [4.69, 9.17) is 9.47 Å². The van der Waals surface area contributed by atoms with Crippen molar-refractivity contribution in [1.82, 2.24) is 4.98 Å². The Morgan fingerprint density at radius 2 is 2.10 bits per heavy atom. The Kier molecular flexibility index (Phi) is 6.45. The Morgan fingerprint density at radius 3 is 2.60 bits per heavy atom. The van der Waals surface area contributed by atoms with Crippen LogP contribution in [0.5, 0.6) is 5.88 Å². The predicted octanol–water partition coefficient (Wildman–Crippen LogP) is 3.01. The van der Waals surface area contributed by atoms with Crippen LogP contribution in [0.15, 0.2) is 18.3 Å². The van der Waals surface area contributed by atoms with E-state index in [1.807, 2.05) is 6.92 Å². The number of unbranched alkanes of at least 4 members (excludes halogenated alkanes) is 2. The lowest BCUT2D eigenvalue weighted by atomic mass is 9.97. The van der Waals surface area contributed by atoms with E-state index in [-0.39, 0.29) is 5.91 Å². The SMILES string of the molecule is CCCCC[C@@](C)(OC)C(=O)Nc1ccc(OC)nc1. The van der Waals surface area contributed by atoms with E-state index in [0.29, 0.717) is 18.0 Å². The highest BCUT2D eigenvalue weighted by molar-refractivity contribution is 5.96. The fraction of sp³-hybridized carbons (Fsp3) is 0.600. The molecule has 1 amide bonds. The lowest BCUT2D eigenvalue weighted by molar-refractivity contribution is -0.136. The second-order valence-corrected chi connectivity index (χ2v) is 4.94. The van der Waals surface area contributed by atoms with Crippen LogP contribution in [0.4, 0.5) is 5.69 Å². The number of aromatic nitrogens is 1. The van der Waals surface area contributed by atoms with Crippen LogP contribution in [-0.4, -0.2) is 30.7 Å². The summed E-state index contributed by atoms with van der Waals surface area (Å²) in [4.78, 5) is 16.4. The molecule has 0 saturated carbocycles. The Morgan fingerprint density at radius 1 is 1.35 bits per heavy atom. The zero-order valence-corrected chi connectivity index (χ0v) is 12.7. The van der Waals surface area contributed by atoms with Crippen molar-refractivity contribution in [1.29, 1.82) is 0 Å². The minimum Gasteiger partial charge on any atom is -0.481 e. The standard InChI is InChI=1S/C15H24N2O3/c1-5-6-7-10-15(2,20-4)14(18)17-12-8-9-13(19-3)16-11-12/h8-9,11H,5-7,10H2,1-4H3,(H,17,18)/t15-/m1/s1. The second-order valence-electron chi connectivity index (χ2n) is 4.94. The summed E-state index contributed by atoms with van der Waals surface area (Å²) in [6, 6.07) is 3.46. The van der Waals surface area contributed by atoms with Gasteiger partial charge in [-0.25, -0.2) is 4.98 Å². The third kappa shape index (κ3) is 4.49. The van der Waals surface area contributed by atoms with Crippen molar-refractivity contribution in [2.24, 2.45) is 0 Å². The third-order valence-electron chi connectivity index (χ3n) is 3.39. The van der Waals surface area contributed by atoms with Crippen molar-refractivity contribution < 1.29 is 14.3 Å². The van der Waals surface area contributed by atoms with E-state index in [2.05, 4.69) is 17.2 Å². The summed E-state index contributed by atoms with van der Waals surface area (Å²) in [6.45, 7) is 3.95. The molecule has 0 aliphatic rings. The summed E-state index contributed by atoms with van der Waals surface area (Å²) < 4.78 is 10.4. The number of carbonyl (C=O) groups excluding carboxylic acids is 1. The Hall–Kier alpha value is -1.62. The second kappa shape index (κ2) is 7.85. The number of pyridine rings is 1. The van der Waals surface area contributed by atoms with Crippen molar-refractivity contribution in [3.63, 3.8) is 0 Å². The first-order valence-electron chi connectivity index (χ1n) is 6.92. The lowest BCUT2D eigenvalue weighted by Crippen LogP contribution is -2.41. The summed E-state index contributed by atoms with van der Waals surface area (Å²) in [7, 11) is 3.12. The first kappa shape index (κ1) is 16.4. The van der Waals surface area contributed by atoms with Gasteiger partial charge in [-0.3, -0.25) is 4.79 Å². The average Bonchev–Trinajstić information content (AvgIpc) is 2.48. The zero-order chi connectivity index (χ0) is 15.0. The number of methoxy groups -OCH3 is 2. The largest absolute Gasteiger partial charge is 0.481 e. The van der Waals surface area contributed by atoms with Crippen molar-refractivity contribution in [3.05, 3.63) is 18.3 Å². The molecule has 1 atom stereocenters. The molecule has 20 heavy (non-hydrogen) atoms. The normalized spacial score (nSPS) is 13.6. The molecule has 1 rings (SSSR count). The van der Waals surface area contributed by atoms with Crippen LogP contribution >= 0.6 is 0 Å². The molecule has 1 N–H and O–H groups in total. The highest BCUT2D eigenvalue weighted by atomic mass is 16.5. The number of rotatable bonds is 8. The maximum atomic E-state index is 12.3. The molecule has 0 aromatic carbocycles. The van der Waals surface area contributed by atoms with E-state index in [1.54, 1.807) is 32.5 Å². The minimum atomic E-state index is -0.810. The van der Waals surface area contributed by atoms with E-state index < -0.39 is 5.60 Å². The van der Waals surface area contributed by atoms with E-state index >= 15 is 0 Å². The molecule has 1 aromatic rings. The Labute approximate surface area is 120 Å². The van der Waals surface area contributed by atoms with Gasteiger partial charge in [-0.2, -0.15) is 0 Å². The van der Waals surface area contributed by atoms with Gasteiger partial charge in [0, 0.05) is 13.2 Å². The zero-order valence-electron chi connectivity index (χ0n) is 12.7. The molecule has 0 aliphatic heterocycles. The van der Waals surface area contributed by atoms with Crippen LogP contribution in [0, 0.1) is 0 Å². The number of anilines is 1. The lowest BCUT2D eigenvalue weighted by Gasteiger charge is -2.26. The number of nitrogens with one attached hydrogen (secondary N) is 1. The molecule has 0 unspecified atom stereocenters. The summed E-state index contributed by atoms with van der Waals surface area (Å²) in [5.74, 6) is 0.364. The molecule has 0 fully saturated rings. The van der Waals surface area contributed by atoms with Gasteiger partial charge in [-0.05, 0) is 19.4 Å². The van der Waals surface area contributed by atoms with Crippen LogP contribution in [0.25, 0.3) is 0 Å². The first-order chi connectivity index (χ1) is 9.55. The molecule has 1 heterocycles. The van der Waals surface area contributed by atoms with Gasteiger partial charge in [0.2, 0.25) is 5.88 Å². The fourth-order valence-electron chi connectivity index (χ4n) is 1.86. The van der Waals surface area contributed by atoms with E-state index in [9.17, 15) is 4.79 Å².